The Balaban J connectivity index is 1.19. The first-order chi connectivity index (χ1) is 16.4. The van der Waals surface area contributed by atoms with Crippen LogP contribution in [-0.2, 0) is 11.2 Å². The molecule has 176 valence electrons. The molecule has 1 aliphatic rings. The summed E-state index contributed by atoms with van der Waals surface area (Å²) in [4.78, 5) is 32.0. The number of aromatic nitrogens is 3. The van der Waals surface area contributed by atoms with Gasteiger partial charge in [0.15, 0.2) is 11.4 Å². The summed E-state index contributed by atoms with van der Waals surface area (Å²) in [7, 11) is 0. The third kappa shape index (κ3) is 4.16. The van der Waals surface area contributed by atoms with Crippen LogP contribution in [0.4, 0.5) is 0 Å². The van der Waals surface area contributed by atoms with Gasteiger partial charge in [-0.25, -0.2) is 9.50 Å². The normalized spacial score (nSPS) is 14.7. The molecule has 0 atom stereocenters. The van der Waals surface area contributed by atoms with Crippen LogP contribution in [-0.4, -0.2) is 50.4 Å². The summed E-state index contributed by atoms with van der Waals surface area (Å²) in [6.45, 7) is 7.14. The van der Waals surface area contributed by atoms with E-state index < -0.39 is 0 Å². The summed E-state index contributed by atoms with van der Waals surface area (Å²) >= 11 is 0. The standard InChI is InChI=1S/C26H29N5O3/c1-16-8-10-23(34-16)26(33)28-19-12-14-30(15-13-19)24(32)11-9-20-17(2)27-25-21-6-4-5-7-22(21)29-31(25)18(20)3/h4-8,10,19H,9,11-15H2,1-3H3,(H,28,33). The van der Waals surface area contributed by atoms with Crippen molar-refractivity contribution in [2.24, 2.45) is 0 Å². The number of furan rings is 1. The van der Waals surface area contributed by atoms with Crippen molar-refractivity contribution in [2.45, 2.75) is 52.5 Å². The Morgan fingerprint density at radius 1 is 1.09 bits per heavy atom. The van der Waals surface area contributed by atoms with Gasteiger partial charge in [-0.3, -0.25) is 9.59 Å². The maximum absolute atomic E-state index is 12.9. The molecule has 0 radical (unpaired) electrons. The van der Waals surface area contributed by atoms with E-state index in [-0.39, 0.29) is 17.9 Å². The number of amides is 2. The Morgan fingerprint density at radius 3 is 2.59 bits per heavy atom. The minimum absolute atomic E-state index is 0.0481. The molecule has 4 aromatic rings. The first-order valence-electron chi connectivity index (χ1n) is 11.8. The fourth-order valence-corrected chi connectivity index (χ4v) is 4.81. The molecule has 1 fully saturated rings. The van der Waals surface area contributed by atoms with Gasteiger partial charge >= 0.3 is 0 Å². The molecule has 1 N–H and O–H groups in total. The third-order valence-electron chi connectivity index (χ3n) is 6.75. The Hall–Kier alpha value is -3.68. The smallest absolute Gasteiger partial charge is 0.287 e. The lowest BCUT2D eigenvalue weighted by Gasteiger charge is -2.32. The molecule has 5 rings (SSSR count). The molecular weight excluding hydrogens is 430 g/mol. The molecule has 4 heterocycles. The van der Waals surface area contributed by atoms with Gasteiger partial charge in [-0.1, -0.05) is 12.1 Å². The molecule has 0 spiro atoms. The number of carbonyl (C=O) groups excluding carboxylic acids is 2. The zero-order valence-corrected chi connectivity index (χ0v) is 19.8. The van der Waals surface area contributed by atoms with Gasteiger partial charge < -0.3 is 14.6 Å². The van der Waals surface area contributed by atoms with Crippen molar-refractivity contribution in [3.8, 4) is 0 Å². The van der Waals surface area contributed by atoms with Crippen molar-refractivity contribution in [1.82, 2.24) is 24.8 Å². The van der Waals surface area contributed by atoms with E-state index in [1.807, 2.05) is 54.5 Å². The highest BCUT2D eigenvalue weighted by atomic mass is 16.3. The Labute approximate surface area is 197 Å². The van der Waals surface area contributed by atoms with Crippen LogP contribution < -0.4 is 5.32 Å². The lowest BCUT2D eigenvalue weighted by molar-refractivity contribution is -0.132. The number of rotatable bonds is 5. The summed E-state index contributed by atoms with van der Waals surface area (Å²) in [6.07, 6.45) is 2.54. The second-order valence-electron chi connectivity index (χ2n) is 9.05. The van der Waals surface area contributed by atoms with Crippen molar-refractivity contribution < 1.29 is 14.0 Å². The van der Waals surface area contributed by atoms with Gasteiger partial charge in [0.2, 0.25) is 5.91 Å². The first kappa shape index (κ1) is 22.1. The number of hydrogen-bond donors (Lipinski definition) is 1. The number of nitrogens with one attached hydrogen (secondary N) is 1. The van der Waals surface area contributed by atoms with Crippen molar-refractivity contribution in [1.29, 1.82) is 0 Å². The number of likely N-dealkylation sites (tertiary alicyclic amines) is 1. The lowest BCUT2D eigenvalue weighted by Crippen LogP contribution is -2.46. The van der Waals surface area contributed by atoms with E-state index in [0.29, 0.717) is 37.5 Å². The molecule has 1 aromatic carbocycles. The predicted octanol–water partition coefficient (Wildman–Crippen LogP) is 3.75. The molecule has 0 unspecified atom stereocenters. The highest BCUT2D eigenvalue weighted by molar-refractivity contribution is 5.92. The lowest BCUT2D eigenvalue weighted by atomic mass is 10.0. The van der Waals surface area contributed by atoms with Gasteiger partial charge in [0, 0.05) is 42.3 Å². The average molecular weight is 460 g/mol. The van der Waals surface area contributed by atoms with E-state index in [2.05, 4.69) is 5.32 Å². The topological polar surface area (TPSA) is 92.7 Å². The zero-order chi connectivity index (χ0) is 23.8. The number of piperidine rings is 1. The Bertz CT molecular complexity index is 1380. The SMILES string of the molecule is Cc1ccc(C(=O)NC2CCN(C(=O)CCc3c(C)nc4c5ccccc5nn4c3C)CC2)o1. The van der Waals surface area contributed by atoms with Crippen molar-refractivity contribution in [3.63, 3.8) is 0 Å². The number of nitrogens with zero attached hydrogens (tertiary/aromatic N) is 4. The van der Waals surface area contributed by atoms with Crippen molar-refractivity contribution >= 4 is 28.4 Å². The second-order valence-corrected chi connectivity index (χ2v) is 9.05. The van der Waals surface area contributed by atoms with Crippen LogP contribution >= 0.6 is 0 Å². The fraction of sp³-hybridized carbons (Fsp3) is 0.385. The maximum Gasteiger partial charge on any atom is 0.287 e. The fourth-order valence-electron chi connectivity index (χ4n) is 4.81. The zero-order valence-electron chi connectivity index (χ0n) is 19.8. The molecule has 2 amide bonds. The van der Waals surface area contributed by atoms with E-state index >= 15 is 0 Å². The van der Waals surface area contributed by atoms with Crippen molar-refractivity contribution in [2.75, 3.05) is 13.1 Å². The molecule has 8 heteroatoms. The van der Waals surface area contributed by atoms with Crippen LogP contribution in [0.3, 0.4) is 0 Å². The van der Waals surface area contributed by atoms with Gasteiger partial charge in [0.25, 0.3) is 5.91 Å². The Kier molecular flexibility index (Phi) is 5.81. The van der Waals surface area contributed by atoms with Crippen LogP contribution in [0.15, 0.2) is 40.8 Å². The summed E-state index contributed by atoms with van der Waals surface area (Å²) < 4.78 is 7.29. The third-order valence-corrected chi connectivity index (χ3v) is 6.75. The van der Waals surface area contributed by atoms with Crippen LogP contribution in [0.1, 0.15) is 52.5 Å². The summed E-state index contributed by atoms with van der Waals surface area (Å²) in [5.74, 6) is 0.984. The summed E-state index contributed by atoms with van der Waals surface area (Å²) in [5.41, 5.74) is 4.82. The monoisotopic (exact) mass is 459 g/mol. The van der Waals surface area contributed by atoms with Crippen LogP contribution in [0.2, 0.25) is 0 Å². The second kappa shape index (κ2) is 8.93. The van der Waals surface area contributed by atoms with E-state index in [4.69, 9.17) is 14.5 Å². The molecule has 34 heavy (non-hydrogen) atoms. The molecule has 1 aliphatic heterocycles. The summed E-state index contributed by atoms with van der Waals surface area (Å²) in [5, 5.41) is 8.76. The van der Waals surface area contributed by atoms with E-state index in [0.717, 1.165) is 46.3 Å². The van der Waals surface area contributed by atoms with Gasteiger partial charge in [-0.2, -0.15) is 5.10 Å². The molecule has 8 nitrogen and oxygen atoms in total. The molecule has 3 aromatic heterocycles. The summed E-state index contributed by atoms with van der Waals surface area (Å²) in [6, 6.07) is 11.5. The number of fused-ring (bicyclic) bond motifs is 3. The van der Waals surface area contributed by atoms with Gasteiger partial charge in [0.05, 0.1) is 5.52 Å². The van der Waals surface area contributed by atoms with E-state index in [1.54, 1.807) is 12.1 Å². The van der Waals surface area contributed by atoms with Crippen LogP contribution in [0.5, 0.6) is 0 Å². The van der Waals surface area contributed by atoms with Gasteiger partial charge in [-0.05, 0) is 69.9 Å². The van der Waals surface area contributed by atoms with E-state index in [1.165, 1.54) is 0 Å². The van der Waals surface area contributed by atoms with Gasteiger partial charge in [-0.15, -0.1) is 0 Å². The quantitative estimate of drug-likeness (QED) is 0.491. The van der Waals surface area contributed by atoms with E-state index in [9.17, 15) is 9.59 Å². The molecule has 0 aliphatic carbocycles. The van der Waals surface area contributed by atoms with Crippen LogP contribution in [0, 0.1) is 20.8 Å². The molecule has 0 saturated carbocycles. The number of hydrogen-bond acceptors (Lipinski definition) is 5. The van der Waals surface area contributed by atoms with Crippen molar-refractivity contribution in [3.05, 3.63) is 64.9 Å². The number of benzene rings is 1. The van der Waals surface area contributed by atoms with Crippen LogP contribution in [0.25, 0.3) is 16.6 Å². The van der Waals surface area contributed by atoms with Gasteiger partial charge in [0.1, 0.15) is 5.76 Å². The molecular formula is C26H29N5O3. The largest absolute Gasteiger partial charge is 0.456 e. The highest BCUT2D eigenvalue weighted by Crippen LogP contribution is 2.23. The maximum atomic E-state index is 12.9. The number of carbonyl (C=O) groups is 2. The molecule has 1 saturated heterocycles. The minimum Gasteiger partial charge on any atom is -0.456 e. The highest BCUT2D eigenvalue weighted by Gasteiger charge is 2.25. The average Bonchev–Trinajstić information content (AvgIpc) is 3.43. The Morgan fingerprint density at radius 2 is 1.85 bits per heavy atom. The number of aryl methyl sites for hydroxylation is 3. The predicted molar refractivity (Wildman–Crippen MR) is 129 cm³/mol. The minimum atomic E-state index is -0.196. The first-order valence-corrected chi connectivity index (χ1v) is 11.8. The molecule has 0 bridgehead atoms.